The third-order valence-corrected chi connectivity index (χ3v) is 10.2. The average Bonchev–Trinajstić information content (AvgIpc) is 3.10. The molecule has 246 valence electrons. The van der Waals surface area contributed by atoms with Gasteiger partial charge in [0, 0.05) is 19.0 Å². The molecule has 4 aromatic rings. The van der Waals surface area contributed by atoms with Gasteiger partial charge in [-0.05, 0) is 72.5 Å². The Morgan fingerprint density at radius 2 is 1.45 bits per heavy atom. The first-order chi connectivity index (χ1) is 22.7. The van der Waals surface area contributed by atoms with Gasteiger partial charge in [0.1, 0.15) is 24.2 Å². The maximum atomic E-state index is 14.6. The van der Waals surface area contributed by atoms with Gasteiger partial charge in [0.2, 0.25) is 11.8 Å². The molecular weight excluding hydrogens is 617 g/mol. The van der Waals surface area contributed by atoms with E-state index in [1.807, 2.05) is 30.3 Å². The van der Waals surface area contributed by atoms with Crippen LogP contribution in [0.25, 0.3) is 0 Å². The summed E-state index contributed by atoms with van der Waals surface area (Å²) in [5, 5.41) is 3.18. The minimum absolute atomic E-state index is 0.00782. The van der Waals surface area contributed by atoms with Crippen molar-refractivity contribution in [1.29, 1.82) is 0 Å². The van der Waals surface area contributed by atoms with Crippen molar-refractivity contribution < 1.29 is 27.1 Å². The quantitative estimate of drug-likeness (QED) is 0.187. The van der Waals surface area contributed by atoms with Gasteiger partial charge < -0.3 is 15.0 Å². The van der Waals surface area contributed by atoms with Crippen molar-refractivity contribution in [3.8, 4) is 5.75 Å². The second kappa shape index (κ2) is 15.7. The molecule has 0 aliphatic heterocycles. The largest absolute Gasteiger partial charge is 0.497 e. The predicted octanol–water partition coefficient (Wildman–Crippen LogP) is 6.12. The summed E-state index contributed by atoms with van der Waals surface area (Å²) in [4.78, 5) is 30.2. The van der Waals surface area contributed by atoms with Gasteiger partial charge in [-0.3, -0.25) is 13.9 Å². The molecule has 1 atom stereocenters. The van der Waals surface area contributed by atoms with Crippen LogP contribution in [0.2, 0.25) is 0 Å². The Morgan fingerprint density at radius 3 is 2.06 bits per heavy atom. The van der Waals surface area contributed by atoms with Crippen molar-refractivity contribution in [2.75, 3.05) is 18.0 Å². The van der Waals surface area contributed by atoms with Gasteiger partial charge in [-0.15, -0.1) is 0 Å². The van der Waals surface area contributed by atoms with E-state index in [1.165, 1.54) is 36.3 Å². The van der Waals surface area contributed by atoms with E-state index in [-0.39, 0.29) is 35.5 Å². The van der Waals surface area contributed by atoms with Crippen LogP contribution in [0.15, 0.2) is 114 Å². The molecule has 4 aromatic carbocycles. The number of carbonyl (C=O) groups is 2. The summed E-state index contributed by atoms with van der Waals surface area (Å²) in [5.41, 5.74) is 1.71. The van der Waals surface area contributed by atoms with Crippen LogP contribution in [0.5, 0.6) is 5.75 Å². The number of benzene rings is 4. The van der Waals surface area contributed by atoms with Crippen LogP contribution >= 0.6 is 0 Å². The molecule has 1 N–H and O–H groups in total. The Morgan fingerprint density at radius 1 is 0.830 bits per heavy atom. The molecule has 10 heteroatoms. The number of carbonyl (C=O) groups excluding carboxylic acids is 2. The third kappa shape index (κ3) is 8.77. The van der Waals surface area contributed by atoms with Crippen LogP contribution in [0.4, 0.5) is 10.1 Å². The fourth-order valence-corrected chi connectivity index (χ4v) is 7.32. The number of ether oxygens (including phenoxy) is 1. The lowest BCUT2D eigenvalue weighted by molar-refractivity contribution is -0.140. The third-order valence-electron chi connectivity index (χ3n) is 8.46. The highest BCUT2D eigenvalue weighted by atomic mass is 32.2. The molecule has 0 saturated heterocycles. The smallest absolute Gasteiger partial charge is 0.264 e. The number of nitrogens with zero attached hydrogens (tertiary/aromatic N) is 2. The van der Waals surface area contributed by atoms with Gasteiger partial charge in [0.25, 0.3) is 10.0 Å². The Hall–Kier alpha value is -4.70. The molecule has 0 heterocycles. The minimum atomic E-state index is -4.21. The monoisotopic (exact) mass is 657 g/mol. The van der Waals surface area contributed by atoms with Gasteiger partial charge in [-0.1, -0.05) is 79.9 Å². The standard InChI is InChI=1S/C37H40FN3O5S/c1-46-33-23-21-32(22-24-33)41(47(44,45)34-15-9-4-10-16-34)27-36(42)40(26-29-17-19-30(38)20-18-29)35(25-28-11-5-2-6-12-28)37(43)39-31-13-7-3-8-14-31/h2,4-6,9-12,15-24,31,35H,3,7-8,13-14,25-27H2,1H3,(H,39,43)/t35-/m0/s1. The van der Waals surface area contributed by atoms with E-state index >= 15 is 0 Å². The van der Waals surface area contributed by atoms with Gasteiger partial charge in [-0.2, -0.15) is 0 Å². The number of nitrogens with one attached hydrogen (secondary N) is 1. The first-order valence-corrected chi connectivity index (χ1v) is 17.3. The van der Waals surface area contributed by atoms with Crippen molar-refractivity contribution in [2.45, 2.75) is 62.0 Å². The number of hydrogen-bond acceptors (Lipinski definition) is 5. The molecule has 0 spiro atoms. The van der Waals surface area contributed by atoms with Crippen molar-refractivity contribution in [3.63, 3.8) is 0 Å². The molecule has 2 amide bonds. The van der Waals surface area contributed by atoms with E-state index in [0.717, 1.165) is 42.0 Å². The molecule has 47 heavy (non-hydrogen) atoms. The lowest BCUT2D eigenvalue weighted by Crippen LogP contribution is -2.55. The topological polar surface area (TPSA) is 96.0 Å². The SMILES string of the molecule is COc1ccc(N(CC(=O)N(Cc2ccc(F)cc2)[C@@H](Cc2ccccc2)C(=O)NC2CCCCC2)S(=O)(=O)c2ccccc2)cc1. The summed E-state index contributed by atoms with van der Waals surface area (Å²) in [6.45, 7) is -0.608. The number of hydrogen-bond donors (Lipinski definition) is 1. The summed E-state index contributed by atoms with van der Waals surface area (Å²) in [5.74, 6) is -0.790. The van der Waals surface area contributed by atoms with Gasteiger partial charge in [0.15, 0.2) is 0 Å². The highest BCUT2D eigenvalue weighted by Gasteiger charge is 2.35. The highest BCUT2D eigenvalue weighted by Crippen LogP contribution is 2.27. The van der Waals surface area contributed by atoms with Gasteiger partial charge >= 0.3 is 0 Å². The van der Waals surface area contributed by atoms with Crippen LogP contribution in [-0.2, 0) is 32.6 Å². The first-order valence-electron chi connectivity index (χ1n) is 15.8. The van der Waals surface area contributed by atoms with Crippen LogP contribution < -0.4 is 14.4 Å². The number of rotatable bonds is 13. The number of sulfonamides is 1. The Kier molecular flexibility index (Phi) is 11.3. The molecule has 0 aromatic heterocycles. The molecular formula is C37H40FN3O5S. The summed E-state index contributed by atoms with van der Waals surface area (Å²) < 4.78 is 48.4. The molecule has 1 saturated carbocycles. The molecule has 8 nitrogen and oxygen atoms in total. The molecule has 0 unspecified atom stereocenters. The molecule has 0 radical (unpaired) electrons. The fraction of sp³-hybridized carbons (Fsp3) is 0.297. The van der Waals surface area contributed by atoms with E-state index in [9.17, 15) is 22.4 Å². The van der Waals surface area contributed by atoms with Crippen LogP contribution in [0.1, 0.15) is 43.2 Å². The van der Waals surface area contributed by atoms with Crippen molar-refractivity contribution in [1.82, 2.24) is 10.2 Å². The summed E-state index contributed by atoms with van der Waals surface area (Å²) in [6.07, 6.45) is 5.07. The second-order valence-electron chi connectivity index (χ2n) is 11.7. The lowest BCUT2D eigenvalue weighted by Gasteiger charge is -2.35. The lowest BCUT2D eigenvalue weighted by atomic mass is 9.94. The number of halogens is 1. The molecule has 5 rings (SSSR count). The zero-order chi connectivity index (χ0) is 33.2. The number of anilines is 1. The summed E-state index contributed by atoms with van der Waals surface area (Å²) in [7, 11) is -2.70. The second-order valence-corrected chi connectivity index (χ2v) is 13.6. The Labute approximate surface area is 276 Å². The van der Waals surface area contributed by atoms with Crippen molar-refractivity contribution >= 4 is 27.5 Å². The Bertz CT molecular complexity index is 1710. The van der Waals surface area contributed by atoms with Crippen molar-refractivity contribution in [3.05, 3.63) is 126 Å². The number of amides is 2. The molecule has 1 aliphatic rings. The minimum Gasteiger partial charge on any atom is -0.497 e. The van der Waals surface area contributed by atoms with Gasteiger partial charge in [0.05, 0.1) is 17.7 Å². The van der Waals surface area contributed by atoms with E-state index in [1.54, 1.807) is 54.6 Å². The summed E-state index contributed by atoms with van der Waals surface area (Å²) in [6, 6.07) is 28.5. The fourth-order valence-electron chi connectivity index (χ4n) is 5.88. The molecule has 1 fully saturated rings. The molecule has 1 aliphatic carbocycles. The molecule has 0 bridgehead atoms. The highest BCUT2D eigenvalue weighted by molar-refractivity contribution is 7.92. The average molecular weight is 658 g/mol. The van der Waals surface area contributed by atoms with E-state index in [0.29, 0.717) is 11.3 Å². The van der Waals surface area contributed by atoms with Crippen LogP contribution in [-0.4, -0.2) is 50.9 Å². The van der Waals surface area contributed by atoms with Crippen molar-refractivity contribution in [2.24, 2.45) is 0 Å². The van der Waals surface area contributed by atoms with E-state index in [2.05, 4.69) is 5.32 Å². The maximum Gasteiger partial charge on any atom is 0.264 e. The zero-order valence-corrected chi connectivity index (χ0v) is 27.2. The predicted molar refractivity (Wildman–Crippen MR) is 180 cm³/mol. The van der Waals surface area contributed by atoms with E-state index in [4.69, 9.17) is 4.74 Å². The number of methoxy groups -OCH3 is 1. The van der Waals surface area contributed by atoms with E-state index < -0.39 is 34.3 Å². The van der Waals surface area contributed by atoms with Crippen LogP contribution in [0, 0.1) is 5.82 Å². The first kappa shape index (κ1) is 33.7. The maximum absolute atomic E-state index is 14.6. The van der Waals surface area contributed by atoms with Gasteiger partial charge in [-0.25, -0.2) is 12.8 Å². The summed E-state index contributed by atoms with van der Waals surface area (Å²) >= 11 is 0. The normalized spacial score (nSPS) is 14.2. The van der Waals surface area contributed by atoms with Crippen LogP contribution in [0.3, 0.4) is 0 Å². The Balaban J connectivity index is 1.55. The zero-order valence-electron chi connectivity index (χ0n) is 26.4.